The Balaban J connectivity index is 1.89. The number of aromatic nitrogens is 2. The predicted octanol–water partition coefficient (Wildman–Crippen LogP) is 4.12. The number of carbonyl (C=O) groups is 1. The first-order valence-corrected chi connectivity index (χ1v) is 9.43. The fourth-order valence-electron chi connectivity index (χ4n) is 2.13. The molecule has 1 aromatic carbocycles. The Morgan fingerprint density at radius 3 is 2.70 bits per heavy atom. The van der Waals surface area contributed by atoms with Crippen LogP contribution in [0.5, 0.6) is 0 Å². The number of thioether (sulfide) groups is 1. The molecule has 0 aliphatic heterocycles. The molecule has 3 aromatic rings. The van der Waals surface area contributed by atoms with Gasteiger partial charge in [0.2, 0.25) is 0 Å². The maximum Gasteiger partial charge on any atom is 0.271 e. The average Bonchev–Trinajstić information content (AvgIpc) is 3.00. The molecular formula is C16H13BrN2O2S2. The SMILES string of the molecule is CC(Sc1nc2ccsc2c(=O)n1C)C(=O)c1ccc(Br)cc1. The van der Waals surface area contributed by atoms with Crippen molar-refractivity contribution in [2.24, 2.45) is 7.05 Å². The summed E-state index contributed by atoms with van der Waals surface area (Å²) < 4.78 is 3.08. The molecule has 3 rings (SSSR count). The minimum atomic E-state index is -0.328. The van der Waals surface area contributed by atoms with Crippen molar-refractivity contribution >= 4 is 55.0 Å². The molecule has 1 atom stereocenters. The molecule has 2 heterocycles. The quantitative estimate of drug-likeness (QED) is 0.370. The summed E-state index contributed by atoms with van der Waals surface area (Å²) in [7, 11) is 1.69. The van der Waals surface area contributed by atoms with E-state index in [2.05, 4.69) is 20.9 Å². The summed E-state index contributed by atoms with van der Waals surface area (Å²) >= 11 is 6.05. The largest absolute Gasteiger partial charge is 0.293 e. The molecule has 1 unspecified atom stereocenters. The number of benzene rings is 1. The minimum absolute atomic E-state index is 0.0159. The lowest BCUT2D eigenvalue weighted by Crippen LogP contribution is -2.21. The van der Waals surface area contributed by atoms with Crippen molar-refractivity contribution in [1.82, 2.24) is 9.55 Å². The molecule has 7 heteroatoms. The van der Waals surface area contributed by atoms with Gasteiger partial charge < -0.3 is 0 Å². The number of thiophene rings is 1. The highest BCUT2D eigenvalue weighted by Gasteiger charge is 2.19. The molecule has 0 saturated heterocycles. The Labute approximate surface area is 149 Å². The smallest absolute Gasteiger partial charge is 0.271 e. The van der Waals surface area contributed by atoms with Gasteiger partial charge in [-0.3, -0.25) is 14.2 Å². The van der Waals surface area contributed by atoms with Gasteiger partial charge in [0, 0.05) is 17.1 Å². The van der Waals surface area contributed by atoms with E-state index in [4.69, 9.17) is 0 Å². The predicted molar refractivity (Wildman–Crippen MR) is 98.7 cm³/mol. The maximum absolute atomic E-state index is 12.5. The van der Waals surface area contributed by atoms with Crippen molar-refractivity contribution < 1.29 is 4.79 Å². The lowest BCUT2D eigenvalue weighted by molar-refractivity contribution is 0.0994. The number of rotatable bonds is 4. The van der Waals surface area contributed by atoms with Gasteiger partial charge in [0.05, 0.1) is 10.8 Å². The summed E-state index contributed by atoms with van der Waals surface area (Å²) in [6.07, 6.45) is 0. The van der Waals surface area contributed by atoms with Crippen LogP contribution >= 0.6 is 39.0 Å². The molecule has 0 spiro atoms. The van der Waals surface area contributed by atoms with E-state index in [0.717, 1.165) is 4.47 Å². The third-order valence-corrected chi connectivity index (χ3v) is 5.99. The summed E-state index contributed by atoms with van der Waals surface area (Å²) in [6, 6.07) is 9.09. The summed E-state index contributed by atoms with van der Waals surface area (Å²) in [4.78, 5) is 29.3. The molecule has 4 nitrogen and oxygen atoms in total. The molecule has 0 saturated carbocycles. The summed E-state index contributed by atoms with van der Waals surface area (Å²) in [5, 5.41) is 2.08. The van der Waals surface area contributed by atoms with Crippen LogP contribution in [0.3, 0.4) is 0 Å². The van der Waals surface area contributed by atoms with Gasteiger partial charge in [-0.25, -0.2) is 4.98 Å². The number of carbonyl (C=O) groups excluding carboxylic acids is 1. The second-order valence-corrected chi connectivity index (χ2v) is 8.16. The van der Waals surface area contributed by atoms with E-state index in [9.17, 15) is 9.59 Å². The summed E-state index contributed by atoms with van der Waals surface area (Å²) in [6.45, 7) is 1.83. The van der Waals surface area contributed by atoms with Gasteiger partial charge in [-0.2, -0.15) is 0 Å². The average molecular weight is 409 g/mol. The highest BCUT2D eigenvalue weighted by atomic mass is 79.9. The van der Waals surface area contributed by atoms with Gasteiger partial charge in [-0.05, 0) is 30.5 Å². The van der Waals surface area contributed by atoms with Crippen molar-refractivity contribution in [2.45, 2.75) is 17.3 Å². The van der Waals surface area contributed by atoms with Crippen LogP contribution in [0.1, 0.15) is 17.3 Å². The zero-order valence-electron chi connectivity index (χ0n) is 12.4. The molecular weight excluding hydrogens is 396 g/mol. The Kier molecular flexibility index (Phi) is 4.70. The van der Waals surface area contributed by atoms with E-state index in [-0.39, 0.29) is 16.6 Å². The first-order valence-electron chi connectivity index (χ1n) is 6.88. The molecule has 0 radical (unpaired) electrons. The molecule has 0 N–H and O–H groups in total. The molecule has 2 aromatic heterocycles. The third-order valence-electron chi connectivity index (χ3n) is 3.43. The minimum Gasteiger partial charge on any atom is -0.293 e. The van der Waals surface area contributed by atoms with Gasteiger partial charge in [0.1, 0.15) is 4.70 Å². The number of hydrogen-bond acceptors (Lipinski definition) is 5. The van der Waals surface area contributed by atoms with Crippen molar-refractivity contribution in [1.29, 1.82) is 0 Å². The molecule has 0 bridgehead atoms. The molecule has 23 heavy (non-hydrogen) atoms. The Morgan fingerprint density at radius 1 is 1.30 bits per heavy atom. The van der Waals surface area contributed by atoms with Crippen LogP contribution < -0.4 is 5.56 Å². The van der Waals surface area contributed by atoms with E-state index < -0.39 is 0 Å². The molecule has 0 aliphatic carbocycles. The van der Waals surface area contributed by atoms with E-state index in [1.807, 2.05) is 30.5 Å². The monoisotopic (exact) mass is 408 g/mol. The summed E-state index contributed by atoms with van der Waals surface area (Å²) in [5.41, 5.74) is 1.26. The number of fused-ring (bicyclic) bond motifs is 1. The second-order valence-electron chi connectivity index (χ2n) is 5.02. The lowest BCUT2D eigenvalue weighted by atomic mass is 10.1. The zero-order chi connectivity index (χ0) is 16.6. The number of Topliss-reactive ketones (excluding diaryl/α,β-unsaturated/α-hetero) is 1. The Bertz CT molecular complexity index is 931. The number of ketones is 1. The fraction of sp³-hybridized carbons (Fsp3) is 0.188. The van der Waals surface area contributed by atoms with Gasteiger partial charge >= 0.3 is 0 Å². The van der Waals surface area contributed by atoms with Gasteiger partial charge in [0.25, 0.3) is 5.56 Å². The normalized spacial score (nSPS) is 12.5. The van der Waals surface area contributed by atoms with Crippen LogP contribution in [0.25, 0.3) is 10.2 Å². The van der Waals surface area contributed by atoms with Crippen molar-refractivity contribution in [3.05, 3.63) is 56.1 Å². The van der Waals surface area contributed by atoms with E-state index in [1.54, 1.807) is 19.2 Å². The zero-order valence-corrected chi connectivity index (χ0v) is 15.7. The Hall–Kier alpha value is -1.44. The van der Waals surface area contributed by atoms with Crippen molar-refractivity contribution in [3.8, 4) is 0 Å². The van der Waals surface area contributed by atoms with Crippen LogP contribution in [0.15, 0.2) is 50.1 Å². The highest BCUT2D eigenvalue weighted by Crippen LogP contribution is 2.26. The van der Waals surface area contributed by atoms with Gasteiger partial charge in [-0.15, -0.1) is 11.3 Å². The Morgan fingerprint density at radius 2 is 2.00 bits per heavy atom. The van der Waals surface area contributed by atoms with Crippen LogP contribution in [0.2, 0.25) is 0 Å². The van der Waals surface area contributed by atoms with E-state index in [1.165, 1.54) is 27.7 Å². The molecule has 0 aliphatic rings. The van der Waals surface area contributed by atoms with E-state index >= 15 is 0 Å². The van der Waals surface area contributed by atoms with Crippen molar-refractivity contribution in [2.75, 3.05) is 0 Å². The highest BCUT2D eigenvalue weighted by molar-refractivity contribution is 9.10. The third kappa shape index (κ3) is 3.27. The van der Waals surface area contributed by atoms with Crippen molar-refractivity contribution in [3.63, 3.8) is 0 Å². The standard InChI is InChI=1S/C16H13BrN2O2S2/c1-9(13(20)10-3-5-11(17)6-4-10)23-16-18-12-7-8-22-14(12)15(21)19(16)2/h3-9H,1-2H3. The number of hydrogen-bond donors (Lipinski definition) is 0. The molecule has 0 amide bonds. The first-order chi connectivity index (χ1) is 11.0. The molecule has 0 fully saturated rings. The van der Waals surface area contributed by atoms with E-state index in [0.29, 0.717) is 20.9 Å². The molecule has 118 valence electrons. The van der Waals surface area contributed by atoms with Crippen LogP contribution in [0.4, 0.5) is 0 Å². The number of halogens is 1. The second kappa shape index (κ2) is 6.59. The van der Waals surface area contributed by atoms with Crippen LogP contribution in [-0.2, 0) is 7.05 Å². The fourth-order valence-corrected chi connectivity index (χ4v) is 4.15. The van der Waals surface area contributed by atoms with Crippen LogP contribution in [-0.4, -0.2) is 20.6 Å². The van der Waals surface area contributed by atoms with Crippen LogP contribution in [0, 0.1) is 0 Å². The summed E-state index contributed by atoms with van der Waals surface area (Å²) in [5.74, 6) is 0.0159. The number of nitrogens with zero attached hydrogens (tertiary/aromatic N) is 2. The lowest BCUT2D eigenvalue weighted by Gasteiger charge is -2.12. The van der Waals surface area contributed by atoms with Gasteiger partial charge in [-0.1, -0.05) is 39.8 Å². The first kappa shape index (κ1) is 16.4. The van der Waals surface area contributed by atoms with Gasteiger partial charge in [0.15, 0.2) is 10.9 Å². The maximum atomic E-state index is 12.5. The topological polar surface area (TPSA) is 52.0 Å².